The highest BCUT2D eigenvalue weighted by Gasteiger charge is 2.30. The van der Waals surface area contributed by atoms with Gasteiger partial charge in [-0.15, -0.1) is 0 Å². The Bertz CT molecular complexity index is 1160. The van der Waals surface area contributed by atoms with E-state index in [2.05, 4.69) is 15.0 Å². The second-order valence-electron chi connectivity index (χ2n) is 5.94. The molecule has 2 heterocycles. The number of nitrogens with zero attached hydrogens (tertiary/aromatic N) is 2. The van der Waals surface area contributed by atoms with Gasteiger partial charge in [0.25, 0.3) is 5.56 Å². The highest BCUT2D eigenvalue weighted by Crippen LogP contribution is 2.30. The summed E-state index contributed by atoms with van der Waals surface area (Å²) in [6.07, 6.45) is -3.60. The number of fused-ring (bicyclic) bond motifs is 1. The first-order valence-corrected chi connectivity index (χ1v) is 8.05. The van der Waals surface area contributed by atoms with Crippen molar-refractivity contribution in [3.05, 3.63) is 82.8 Å². The van der Waals surface area contributed by atoms with Crippen molar-refractivity contribution in [3.63, 3.8) is 0 Å². The van der Waals surface area contributed by atoms with Crippen LogP contribution in [0.4, 0.5) is 13.2 Å². The fourth-order valence-electron chi connectivity index (χ4n) is 2.75. The van der Waals surface area contributed by atoms with E-state index in [0.717, 1.165) is 12.3 Å². The van der Waals surface area contributed by atoms with Crippen LogP contribution in [-0.2, 0) is 6.18 Å². The first kappa shape index (κ1) is 17.0. The normalized spacial score (nSPS) is 11.7. The number of hydrogen-bond donors (Lipinski definition) is 1. The summed E-state index contributed by atoms with van der Waals surface area (Å²) in [6.45, 7) is 0. The zero-order chi connectivity index (χ0) is 19.0. The minimum atomic E-state index is -4.41. The summed E-state index contributed by atoms with van der Waals surface area (Å²) in [5.74, 6) is 0.422. The zero-order valence-corrected chi connectivity index (χ0v) is 13.8. The molecule has 0 atom stereocenters. The Hall–Kier alpha value is -3.48. The third-order valence-electron chi connectivity index (χ3n) is 4.16. The summed E-state index contributed by atoms with van der Waals surface area (Å²) in [6, 6.07) is 16.3. The molecule has 2 aromatic carbocycles. The number of alkyl halides is 3. The van der Waals surface area contributed by atoms with Crippen LogP contribution in [-0.4, -0.2) is 15.0 Å². The molecular formula is C20H12F3N3O. The summed E-state index contributed by atoms with van der Waals surface area (Å²) in [7, 11) is 0. The molecule has 0 radical (unpaired) electrons. The van der Waals surface area contributed by atoms with Crippen molar-refractivity contribution in [2.75, 3.05) is 0 Å². The molecule has 0 aliphatic carbocycles. The highest BCUT2D eigenvalue weighted by atomic mass is 19.4. The largest absolute Gasteiger partial charge is 0.417 e. The van der Waals surface area contributed by atoms with Crippen LogP contribution in [0, 0.1) is 0 Å². The van der Waals surface area contributed by atoms with Gasteiger partial charge in [0.05, 0.1) is 22.2 Å². The van der Waals surface area contributed by atoms with Crippen molar-refractivity contribution in [2.24, 2.45) is 0 Å². The van der Waals surface area contributed by atoms with Gasteiger partial charge in [-0.1, -0.05) is 36.4 Å². The topological polar surface area (TPSA) is 58.6 Å². The van der Waals surface area contributed by atoms with Gasteiger partial charge in [0.2, 0.25) is 0 Å². The lowest BCUT2D eigenvalue weighted by atomic mass is 10.1. The molecule has 4 nitrogen and oxygen atoms in total. The molecule has 0 saturated heterocycles. The number of aromatic nitrogens is 3. The van der Waals surface area contributed by atoms with Crippen LogP contribution in [0.2, 0.25) is 0 Å². The van der Waals surface area contributed by atoms with Gasteiger partial charge in [0.15, 0.2) is 0 Å². The molecule has 0 amide bonds. The molecule has 0 fully saturated rings. The Labute approximate surface area is 151 Å². The van der Waals surface area contributed by atoms with Gasteiger partial charge in [-0.25, -0.2) is 4.98 Å². The summed E-state index contributed by atoms with van der Waals surface area (Å²) >= 11 is 0. The van der Waals surface area contributed by atoms with Gasteiger partial charge >= 0.3 is 6.18 Å². The Kier molecular flexibility index (Phi) is 3.99. The molecule has 4 aromatic rings. The average molecular weight is 367 g/mol. The first-order valence-electron chi connectivity index (χ1n) is 8.05. The summed E-state index contributed by atoms with van der Waals surface area (Å²) in [4.78, 5) is 23.2. The second-order valence-corrected chi connectivity index (χ2v) is 5.94. The first-order chi connectivity index (χ1) is 12.9. The van der Waals surface area contributed by atoms with E-state index in [1.165, 1.54) is 6.07 Å². The van der Waals surface area contributed by atoms with Crippen molar-refractivity contribution in [3.8, 4) is 22.6 Å². The van der Waals surface area contributed by atoms with Crippen LogP contribution >= 0.6 is 0 Å². The van der Waals surface area contributed by atoms with E-state index in [-0.39, 0.29) is 5.56 Å². The van der Waals surface area contributed by atoms with Gasteiger partial charge in [-0.05, 0) is 24.3 Å². The second kappa shape index (κ2) is 6.35. The van der Waals surface area contributed by atoms with Crippen LogP contribution < -0.4 is 5.56 Å². The van der Waals surface area contributed by atoms with Crippen LogP contribution in [0.25, 0.3) is 33.5 Å². The smallest absolute Gasteiger partial charge is 0.306 e. The molecule has 27 heavy (non-hydrogen) atoms. The minimum Gasteiger partial charge on any atom is -0.306 e. The zero-order valence-electron chi connectivity index (χ0n) is 13.8. The number of hydrogen-bond acceptors (Lipinski definition) is 3. The molecule has 7 heteroatoms. The van der Waals surface area contributed by atoms with Crippen molar-refractivity contribution in [1.29, 1.82) is 0 Å². The highest BCUT2D eigenvalue weighted by molar-refractivity contribution is 5.79. The number of nitrogens with one attached hydrogen (secondary N) is 1. The fraction of sp³-hybridized carbons (Fsp3) is 0.0500. The summed E-state index contributed by atoms with van der Waals surface area (Å²) in [5.41, 5.74) is 1.34. The molecule has 0 saturated carbocycles. The Morgan fingerprint density at radius 2 is 1.56 bits per heavy atom. The van der Waals surface area contributed by atoms with Crippen LogP contribution in [0.1, 0.15) is 5.56 Å². The lowest BCUT2D eigenvalue weighted by Gasteiger charge is -2.08. The number of aromatic amines is 1. The van der Waals surface area contributed by atoms with Gasteiger partial charge < -0.3 is 4.98 Å². The van der Waals surface area contributed by atoms with E-state index >= 15 is 0 Å². The van der Waals surface area contributed by atoms with Gasteiger partial charge in [0, 0.05) is 17.3 Å². The van der Waals surface area contributed by atoms with E-state index in [9.17, 15) is 18.0 Å². The summed E-state index contributed by atoms with van der Waals surface area (Å²) < 4.78 is 37.9. The molecular weight excluding hydrogens is 355 g/mol. The molecule has 0 aliphatic heterocycles. The molecule has 0 aliphatic rings. The fourth-order valence-corrected chi connectivity index (χ4v) is 2.75. The third kappa shape index (κ3) is 3.31. The molecule has 134 valence electrons. The quantitative estimate of drug-likeness (QED) is 0.560. The number of halogens is 3. The van der Waals surface area contributed by atoms with E-state index < -0.39 is 11.7 Å². The monoisotopic (exact) mass is 367 g/mol. The molecule has 0 bridgehead atoms. The molecule has 0 spiro atoms. The van der Waals surface area contributed by atoms with Crippen LogP contribution in [0.5, 0.6) is 0 Å². The van der Waals surface area contributed by atoms with Crippen LogP contribution in [0.3, 0.4) is 0 Å². The maximum atomic E-state index is 12.6. The molecule has 1 N–H and O–H groups in total. The minimum absolute atomic E-state index is 0.232. The predicted octanol–water partition coefficient (Wildman–Crippen LogP) is 4.67. The van der Waals surface area contributed by atoms with Gasteiger partial charge in [0.1, 0.15) is 5.82 Å². The molecule has 0 unspecified atom stereocenters. The lowest BCUT2D eigenvalue weighted by Crippen LogP contribution is -2.09. The maximum absolute atomic E-state index is 12.6. The Balaban J connectivity index is 1.67. The van der Waals surface area contributed by atoms with E-state index in [1.54, 1.807) is 48.5 Å². The third-order valence-corrected chi connectivity index (χ3v) is 4.16. The Morgan fingerprint density at radius 1 is 0.852 bits per heavy atom. The van der Waals surface area contributed by atoms with E-state index in [1.807, 2.05) is 0 Å². The number of para-hydroxylation sites is 1. The summed E-state index contributed by atoms with van der Waals surface area (Å²) in [5, 5.41) is 0.506. The van der Waals surface area contributed by atoms with Gasteiger partial charge in [-0.3, -0.25) is 9.78 Å². The number of rotatable bonds is 2. The van der Waals surface area contributed by atoms with Crippen molar-refractivity contribution < 1.29 is 13.2 Å². The number of H-pyrrole nitrogens is 1. The van der Waals surface area contributed by atoms with E-state index in [0.29, 0.717) is 33.5 Å². The molecule has 4 rings (SSSR count). The predicted molar refractivity (Wildman–Crippen MR) is 96.0 cm³/mol. The van der Waals surface area contributed by atoms with Crippen LogP contribution in [0.15, 0.2) is 71.7 Å². The standard InChI is InChI=1S/C20H12F3N3O/c21-20(22,23)14-9-10-16(24-11-14)12-5-7-13(8-6-12)18-25-17-4-2-1-3-15(17)19(27)26-18/h1-11H,(H,25,26,27). The molecule has 2 aromatic heterocycles. The van der Waals surface area contributed by atoms with Crippen molar-refractivity contribution in [2.45, 2.75) is 6.18 Å². The maximum Gasteiger partial charge on any atom is 0.417 e. The SMILES string of the molecule is O=c1[nH]c(-c2ccc(-c3ccc(C(F)(F)F)cn3)cc2)nc2ccccc12. The van der Waals surface area contributed by atoms with Gasteiger partial charge in [-0.2, -0.15) is 13.2 Å². The average Bonchev–Trinajstić information content (AvgIpc) is 2.67. The number of pyridine rings is 1. The Morgan fingerprint density at radius 3 is 2.22 bits per heavy atom. The number of benzene rings is 2. The van der Waals surface area contributed by atoms with Crippen molar-refractivity contribution >= 4 is 10.9 Å². The lowest BCUT2D eigenvalue weighted by molar-refractivity contribution is -0.137. The van der Waals surface area contributed by atoms with E-state index in [4.69, 9.17) is 0 Å². The van der Waals surface area contributed by atoms with Crippen molar-refractivity contribution in [1.82, 2.24) is 15.0 Å².